The molecule has 1 amide bonds. The first kappa shape index (κ1) is 19.5. The van der Waals surface area contributed by atoms with Crippen molar-refractivity contribution < 1.29 is 13.2 Å². The standard InChI is InChI=1S/C21H24N2O3S2/c1-15-7-8-20(16(2)13-15)28(25,26)23-11-9-22(10-12-23)21(24)19-14-17-5-3-4-6-18(17)27-19/h3-8,13,19H,9-12,14H2,1-2H3. The topological polar surface area (TPSA) is 57.7 Å². The van der Waals surface area contributed by atoms with E-state index < -0.39 is 10.0 Å². The van der Waals surface area contributed by atoms with Crippen molar-refractivity contribution in [1.29, 1.82) is 0 Å². The van der Waals surface area contributed by atoms with Crippen LogP contribution >= 0.6 is 11.8 Å². The minimum absolute atomic E-state index is 0.0973. The van der Waals surface area contributed by atoms with Gasteiger partial charge in [-0.05, 0) is 43.5 Å². The summed E-state index contributed by atoms with van der Waals surface area (Å²) in [7, 11) is -3.53. The maximum atomic E-state index is 13.0. The van der Waals surface area contributed by atoms with Gasteiger partial charge in [-0.1, -0.05) is 35.9 Å². The molecule has 7 heteroatoms. The smallest absolute Gasteiger partial charge is 0.243 e. The molecule has 2 aromatic rings. The zero-order valence-electron chi connectivity index (χ0n) is 16.1. The lowest BCUT2D eigenvalue weighted by Crippen LogP contribution is -2.52. The average molecular weight is 417 g/mol. The molecule has 0 bridgehead atoms. The normalized spacial score (nSPS) is 20.2. The molecule has 1 saturated heterocycles. The Morgan fingerprint density at radius 3 is 2.43 bits per heavy atom. The molecule has 0 aromatic heterocycles. The molecular formula is C21H24N2O3S2. The molecule has 5 nitrogen and oxygen atoms in total. The number of amides is 1. The molecule has 1 unspecified atom stereocenters. The van der Waals surface area contributed by atoms with Gasteiger partial charge in [0.1, 0.15) is 0 Å². The molecule has 1 fully saturated rings. The van der Waals surface area contributed by atoms with Gasteiger partial charge in [0.05, 0.1) is 10.1 Å². The minimum Gasteiger partial charge on any atom is -0.339 e. The van der Waals surface area contributed by atoms with Gasteiger partial charge in [0.2, 0.25) is 15.9 Å². The summed E-state index contributed by atoms with van der Waals surface area (Å²) in [6, 6.07) is 13.5. The molecule has 2 aromatic carbocycles. The van der Waals surface area contributed by atoms with E-state index >= 15 is 0 Å². The maximum Gasteiger partial charge on any atom is 0.243 e. The Balaban J connectivity index is 1.41. The van der Waals surface area contributed by atoms with E-state index in [1.807, 2.05) is 43.0 Å². The Hall–Kier alpha value is -1.83. The third kappa shape index (κ3) is 3.58. The molecular weight excluding hydrogens is 392 g/mol. The monoisotopic (exact) mass is 416 g/mol. The van der Waals surface area contributed by atoms with Crippen LogP contribution in [0, 0.1) is 13.8 Å². The molecule has 0 N–H and O–H groups in total. The lowest BCUT2D eigenvalue weighted by atomic mass is 10.1. The fourth-order valence-corrected chi connectivity index (χ4v) is 6.81. The van der Waals surface area contributed by atoms with Crippen molar-refractivity contribution in [3.05, 3.63) is 59.2 Å². The molecule has 0 radical (unpaired) electrons. The van der Waals surface area contributed by atoms with E-state index in [1.165, 1.54) is 14.8 Å². The second-order valence-corrected chi connectivity index (χ2v) is 10.6. The lowest BCUT2D eigenvalue weighted by Gasteiger charge is -2.35. The van der Waals surface area contributed by atoms with Gasteiger partial charge < -0.3 is 4.90 Å². The van der Waals surface area contributed by atoms with E-state index in [-0.39, 0.29) is 11.2 Å². The zero-order valence-corrected chi connectivity index (χ0v) is 17.7. The molecule has 0 aliphatic carbocycles. The number of carbonyl (C=O) groups is 1. The number of hydrogen-bond donors (Lipinski definition) is 0. The van der Waals surface area contributed by atoms with Crippen LogP contribution < -0.4 is 0 Å². The van der Waals surface area contributed by atoms with Gasteiger partial charge in [-0.15, -0.1) is 11.8 Å². The van der Waals surface area contributed by atoms with Crippen molar-refractivity contribution in [2.75, 3.05) is 26.2 Å². The van der Waals surface area contributed by atoms with Gasteiger partial charge >= 0.3 is 0 Å². The first-order valence-electron chi connectivity index (χ1n) is 9.47. The first-order chi connectivity index (χ1) is 13.4. The highest BCUT2D eigenvalue weighted by Crippen LogP contribution is 2.37. The molecule has 0 saturated carbocycles. The molecule has 2 heterocycles. The number of aryl methyl sites for hydroxylation is 2. The van der Waals surface area contributed by atoms with Crippen molar-refractivity contribution in [1.82, 2.24) is 9.21 Å². The van der Waals surface area contributed by atoms with Crippen LogP contribution in [0.4, 0.5) is 0 Å². The molecule has 28 heavy (non-hydrogen) atoms. The zero-order chi connectivity index (χ0) is 19.9. The predicted molar refractivity (Wildman–Crippen MR) is 111 cm³/mol. The molecule has 4 rings (SSSR count). The lowest BCUT2D eigenvalue weighted by molar-refractivity contribution is -0.131. The average Bonchev–Trinajstić information content (AvgIpc) is 3.11. The summed E-state index contributed by atoms with van der Waals surface area (Å²) < 4.78 is 27.5. The third-order valence-corrected chi connectivity index (χ3v) is 8.79. The van der Waals surface area contributed by atoms with Crippen LogP contribution in [0.25, 0.3) is 0 Å². The number of thioether (sulfide) groups is 1. The third-order valence-electron chi connectivity index (χ3n) is 5.42. The highest BCUT2D eigenvalue weighted by Gasteiger charge is 2.35. The molecule has 1 atom stereocenters. The highest BCUT2D eigenvalue weighted by molar-refractivity contribution is 8.01. The summed E-state index contributed by atoms with van der Waals surface area (Å²) in [5.41, 5.74) is 3.03. The van der Waals surface area contributed by atoms with Gasteiger partial charge in [0, 0.05) is 31.1 Å². The number of hydrogen-bond acceptors (Lipinski definition) is 4. The van der Waals surface area contributed by atoms with Crippen LogP contribution in [-0.4, -0.2) is 55.0 Å². The fraction of sp³-hybridized carbons (Fsp3) is 0.381. The summed E-state index contributed by atoms with van der Waals surface area (Å²) in [5, 5.41) is -0.0973. The maximum absolute atomic E-state index is 13.0. The van der Waals surface area contributed by atoms with E-state index in [2.05, 4.69) is 12.1 Å². The Morgan fingerprint density at radius 1 is 1.04 bits per heavy atom. The first-order valence-corrected chi connectivity index (χ1v) is 11.8. The quantitative estimate of drug-likeness (QED) is 0.772. The van der Waals surface area contributed by atoms with Gasteiger partial charge in [0.25, 0.3) is 0 Å². The minimum atomic E-state index is -3.53. The SMILES string of the molecule is Cc1ccc(S(=O)(=O)N2CCN(C(=O)C3Cc4ccccc4S3)CC2)c(C)c1. The Kier molecular flexibility index (Phi) is 5.24. The predicted octanol–water partition coefficient (Wildman–Crippen LogP) is 2.85. The fourth-order valence-electron chi connectivity index (χ4n) is 3.90. The number of carbonyl (C=O) groups excluding carboxylic acids is 1. The van der Waals surface area contributed by atoms with E-state index in [0.717, 1.165) is 17.5 Å². The molecule has 2 aliphatic heterocycles. The van der Waals surface area contributed by atoms with Crippen LogP contribution in [0.1, 0.15) is 16.7 Å². The molecule has 2 aliphatic rings. The van der Waals surface area contributed by atoms with Crippen molar-refractivity contribution in [2.24, 2.45) is 0 Å². The van der Waals surface area contributed by atoms with E-state index in [9.17, 15) is 13.2 Å². The van der Waals surface area contributed by atoms with Gasteiger partial charge in [-0.25, -0.2) is 8.42 Å². The summed E-state index contributed by atoms with van der Waals surface area (Å²) in [6.07, 6.45) is 0.751. The number of sulfonamides is 1. The van der Waals surface area contributed by atoms with Crippen LogP contribution in [0.15, 0.2) is 52.3 Å². The largest absolute Gasteiger partial charge is 0.339 e. The molecule has 148 valence electrons. The summed E-state index contributed by atoms with van der Waals surface area (Å²) in [4.78, 5) is 16.3. The van der Waals surface area contributed by atoms with Crippen LogP contribution in [0.5, 0.6) is 0 Å². The Bertz CT molecular complexity index is 987. The van der Waals surface area contributed by atoms with Gasteiger partial charge in [-0.3, -0.25) is 4.79 Å². The van der Waals surface area contributed by atoms with E-state index in [4.69, 9.17) is 0 Å². The summed E-state index contributed by atoms with van der Waals surface area (Å²) in [5.74, 6) is 0.116. The van der Waals surface area contributed by atoms with E-state index in [0.29, 0.717) is 31.1 Å². The summed E-state index contributed by atoms with van der Waals surface area (Å²) in [6.45, 7) is 5.34. The number of nitrogens with zero attached hydrogens (tertiary/aromatic N) is 2. The number of fused-ring (bicyclic) bond motifs is 1. The summed E-state index contributed by atoms with van der Waals surface area (Å²) >= 11 is 1.62. The van der Waals surface area contributed by atoms with Crippen LogP contribution in [0.3, 0.4) is 0 Å². The number of piperazine rings is 1. The van der Waals surface area contributed by atoms with Crippen molar-refractivity contribution in [3.63, 3.8) is 0 Å². The van der Waals surface area contributed by atoms with Crippen molar-refractivity contribution >= 4 is 27.7 Å². The number of rotatable bonds is 3. The van der Waals surface area contributed by atoms with Crippen LogP contribution in [0.2, 0.25) is 0 Å². The van der Waals surface area contributed by atoms with Gasteiger partial charge in [-0.2, -0.15) is 4.31 Å². The second-order valence-electron chi connectivity index (χ2n) is 7.42. The Morgan fingerprint density at radius 2 is 1.75 bits per heavy atom. The van der Waals surface area contributed by atoms with Crippen LogP contribution in [-0.2, 0) is 21.2 Å². The number of benzene rings is 2. The molecule has 0 spiro atoms. The van der Waals surface area contributed by atoms with Crippen molar-refractivity contribution in [2.45, 2.75) is 35.3 Å². The Labute approximate surface area is 170 Å². The van der Waals surface area contributed by atoms with Gasteiger partial charge in [0.15, 0.2) is 0 Å². The van der Waals surface area contributed by atoms with Crippen molar-refractivity contribution in [3.8, 4) is 0 Å². The second kappa shape index (κ2) is 7.54. The van der Waals surface area contributed by atoms with E-state index in [1.54, 1.807) is 17.8 Å². The highest BCUT2D eigenvalue weighted by atomic mass is 32.2.